The Kier molecular flexibility index (Phi) is 6.59. The van der Waals surface area contributed by atoms with Crippen molar-refractivity contribution in [2.75, 3.05) is 37.3 Å². The highest BCUT2D eigenvalue weighted by atomic mass is 32.2. The summed E-state index contributed by atoms with van der Waals surface area (Å²) >= 11 is 0. The van der Waals surface area contributed by atoms with Crippen molar-refractivity contribution in [2.24, 2.45) is 0 Å². The lowest BCUT2D eigenvalue weighted by Gasteiger charge is -2.36. The van der Waals surface area contributed by atoms with E-state index in [4.69, 9.17) is 0 Å². The van der Waals surface area contributed by atoms with E-state index in [0.29, 0.717) is 29.9 Å². The first-order chi connectivity index (χ1) is 16.4. The van der Waals surface area contributed by atoms with Gasteiger partial charge in [-0.3, -0.25) is 4.79 Å². The molecule has 184 valence electrons. The average molecular weight is 507 g/mol. The van der Waals surface area contributed by atoms with Crippen molar-refractivity contribution in [1.29, 1.82) is 0 Å². The Morgan fingerprint density at radius 3 is 2.11 bits per heavy atom. The zero-order valence-corrected chi connectivity index (χ0v) is 19.5. The monoisotopic (exact) mass is 506 g/mol. The predicted molar refractivity (Wildman–Crippen MR) is 125 cm³/mol. The highest BCUT2D eigenvalue weighted by Crippen LogP contribution is 2.31. The van der Waals surface area contributed by atoms with Crippen molar-refractivity contribution in [3.05, 3.63) is 83.7 Å². The second-order valence-electron chi connectivity index (χ2n) is 8.31. The largest absolute Gasteiger partial charge is 0.416 e. The molecule has 4 rings (SSSR count). The third-order valence-electron chi connectivity index (χ3n) is 5.91. The van der Waals surface area contributed by atoms with Crippen LogP contribution >= 0.6 is 0 Å². The summed E-state index contributed by atoms with van der Waals surface area (Å²) in [6.45, 7) is 1.34. The highest BCUT2D eigenvalue weighted by molar-refractivity contribution is 7.90. The molecule has 0 unspecified atom stereocenters. The lowest BCUT2D eigenvalue weighted by atomic mass is 9.98. The number of amides is 1. The van der Waals surface area contributed by atoms with Gasteiger partial charge in [0.15, 0.2) is 9.84 Å². The van der Waals surface area contributed by atoms with Crippen LogP contribution in [-0.4, -0.2) is 51.7 Å². The summed E-state index contributed by atoms with van der Waals surface area (Å²) in [5, 5.41) is 0. The molecule has 0 saturated carbocycles. The van der Waals surface area contributed by atoms with E-state index in [1.807, 2.05) is 4.90 Å². The number of carbonyl (C=O) groups excluding carboxylic acids is 1. The zero-order valence-electron chi connectivity index (χ0n) is 18.7. The van der Waals surface area contributed by atoms with Gasteiger partial charge in [-0.05, 0) is 59.7 Å². The number of piperazine rings is 1. The second-order valence-corrected chi connectivity index (χ2v) is 10.3. The number of anilines is 1. The molecule has 0 aromatic heterocycles. The summed E-state index contributed by atoms with van der Waals surface area (Å²) in [7, 11) is -3.59. The van der Waals surface area contributed by atoms with Gasteiger partial charge in [0.2, 0.25) is 0 Å². The van der Waals surface area contributed by atoms with Crippen molar-refractivity contribution < 1.29 is 30.8 Å². The number of rotatable bonds is 4. The third-order valence-corrected chi connectivity index (χ3v) is 7.02. The summed E-state index contributed by atoms with van der Waals surface area (Å²) in [5.41, 5.74) is 0.876. The molecule has 0 radical (unpaired) electrons. The van der Waals surface area contributed by atoms with Crippen LogP contribution < -0.4 is 4.90 Å². The van der Waals surface area contributed by atoms with Gasteiger partial charge < -0.3 is 9.80 Å². The molecule has 0 spiro atoms. The van der Waals surface area contributed by atoms with Crippen LogP contribution in [0.1, 0.15) is 15.9 Å². The van der Waals surface area contributed by atoms with E-state index in [-0.39, 0.29) is 23.5 Å². The number of alkyl halides is 3. The minimum atomic E-state index is -4.41. The van der Waals surface area contributed by atoms with Gasteiger partial charge in [-0.15, -0.1) is 0 Å². The molecule has 1 amide bonds. The molecule has 1 aliphatic rings. The molecule has 0 N–H and O–H groups in total. The van der Waals surface area contributed by atoms with Crippen molar-refractivity contribution in [3.63, 3.8) is 0 Å². The molecule has 35 heavy (non-hydrogen) atoms. The molecular weight excluding hydrogens is 484 g/mol. The van der Waals surface area contributed by atoms with Crippen molar-refractivity contribution >= 4 is 21.4 Å². The maximum absolute atomic E-state index is 13.8. The van der Waals surface area contributed by atoms with Crippen LogP contribution in [0.3, 0.4) is 0 Å². The van der Waals surface area contributed by atoms with Gasteiger partial charge in [0, 0.05) is 43.7 Å². The number of benzene rings is 3. The lowest BCUT2D eigenvalue weighted by Crippen LogP contribution is -2.49. The van der Waals surface area contributed by atoms with Crippen LogP contribution in [0.25, 0.3) is 11.1 Å². The Bertz CT molecular complexity index is 1350. The van der Waals surface area contributed by atoms with Crippen LogP contribution in [0, 0.1) is 5.82 Å². The summed E-state index contributed by atoms with van der Waals surface area (Å²) in [4.78, 5) is 16.9. The van der Waals surface area contributed by atoms with E-state index in [1.54, 1.807) is 11.0 Å². The highest BCUT2D eigenvalue weighted by Gasteiger charge is 2.31. The Balaban J connectivity index is 1.57. The molecular formula is C25H22F4N2O3S. The maximum Gasteiger partial charge on any atom is 0.416 e. The SMILES string of the molecule is CS(=O)(=O)c1ccc(-c2cccc(F)c2)c(C(=O)N2CCN(c3ccc(C(F)(F)F)cc3)CC2)c1. The molecule has 3 aromatic carbocycles. The van der Waals surface area contributed by atoms with Gasteiger partial charge in [-0.25, -0.2) is 12.8 Å². The first-order valence-electron chi connectivity index (χ1n) is 10.7. The van der Waals surface area contributed by atoms with Gasteiger partial charge in [0.05, 0.1) is 10.5 Å². The van der Waals surface area contributed by atoms with Crippen LogP contribution in [0.4, 0.5) is 23.2 Å². The van der Waals surface area contributed by atoms with Crippen LogP contribution in [0.2, 0.25) is 0 Å². The van der Waals surface area contributed by atoms with Crippen molar-refractivity contribution in [2.45, 2.75) is 11.1 Å². The Labute approximate surface area is 200 Å². The van der Waals surface area contributed by atoms with E-state index in [2.05, 4.69) is 0 Å². The number of carbonyl (C=O) groups is 1. The third kappa shape index (κ3) is 5.48. The number of hydrogen-bond acceptors (Lipinski definition) is 4. The first-order valence-corrected chi connectivity index (χ1v) is 12.6. The fourth-order valence-corrected chi connectivity index (χ4v) is 4.69. The molecule has 1 fully saturated rings. The zero-order chi connectivity index (χ0) is 25.4. The predicted octanol–water partition coefficient (Wildman–Crippen LogP) is 4.88. The first kappa shape index (κ1) is 24.7. The van der Waals surface area contributed by atoms with Crippen LogP contribution in [0.15, 0.2) is 71.6 Å². The standard InChI is InChI=1S/C25H22F4N2O3S/c1-35(33,34)21-9-10-22(17-3-2-4-19(26)15-17)23(16-21)24(32)31-13-11-30(12-14-31)20-7-5-18(6-8-20)25(27,28)29/h2-10,15-16H,11-14H2,1H3. The fraction of sp³-hybridized carbons (Fsp3) is 0.240. The van der Waals surface area contributed by atoms with E-state index >= 15 is 0 Å². The Morgan fingerprint density at radius 1 is 0.886 bits per heavy atom. The molecule has 0 bridgehead atoms. The molecule has 1 saturated heterocycles. The van der Waals surface area contributed by atoms with Gasteiger partial charge in [-0.1, -0.05) is 18.2 Å². The minimum Gasteiger partial charge on any atom is -0.368 e. The molecule has 0 atom stereocenters. The summed E-state index contributed by atoms with van der Waals surface area (Å²) in [6, 6.07) is 14.7. The van der Waals surface area contributed by atoms with E-state index in [9.17, 15) is 30.8 Å². The average Bonchev–Trinajstić information content (AvgIpc) is 2.82. The molecule has 5 nitrogen and oxygen atoms in total. The summed E-state index contributed by atoms with van der Waals surface area (Å²) in [5.74, 6) is -0.889. The van der Waals surface area contributed by atoms with Gasteiger partial charge >= 0.3 is 6.18 Å². The summed E-state index contributed by atoms with van der Waals surface area (Å²) in [6.07, 6.45) is -3.37. The summed E-state index contributed by atoms with van der Waals surface area (Å²) < 4.78 is 76.5. The van der Waals surface area contributed by atoms with Crippen molar-refractivity contribution in [3.8, 4) is 11.1 Å². The van der Waals surface area contributed by atoms with E-state index in [1.165, 1.54) is 48.5 Å². The molecule has 1 heterocycles. The molecule has 3 aromatic rings. The van der Waals surface area contributed by atoms with Crippen molar-refractivity contribution in [1.82, 2.24) is 4.90 Å². The Hall–Kier alpha value is -3.40. The second kappa shape index (κ2) is 9.33. The lowest BCUT2D eigenvalue weighted by molar-refractivity contribution is -0.137. The maximum atomic E-state index is 13.8. The molecule has 1 aliphatic heterocycles. The van der Waals surface area contributed by atoms with E-state index in [0.717, 1.165) is 18.4 Å². The Morgan fingerprint density at radius 2 is 1.54 bits per heavy atom. The smallest absolute Gasteiger partial charge is 0.368 e. The quantitative estimate of drug-likeness (QED) is 0.474. The number of sulfone groups is 1. The number of nitrogens with zero attached hydrogens (tertiary/aromatic N) is 2. The minimum absolute atomic E-state index is 0.0237. The normalized spacial score (nSPS) is 14.8. The number of halogens is 4. The van der Waals surface area contributed by atoms with Gasteiger partial charge in [0.25, 0.3) is 5.91 Å². The fourth-order valence-electron chi connectivity index (χ4n) is 4.04. The molecule has 10 heteroatoms. The van der Waals surface area contributed by atoms with Crippen LogP contribution in [0.5, 0.6) is 0 Å². The van der Waals surface area contributed by atoms with E-state index < -0.39 is 33.3 Å². The molecule has 0 aliphatic carbocycles. The topological polar surface area (TPSA) is 57.7 Å². The van der Waals surface area contributed by atoms with Gasteiger partial charge in [-0.2, -0.15) is 13.2 Å². The number of hydrogen-bond donors (Lipinski definition) is 0. The van der Waals surface area contributed by atoms with Crippen LogP contribution in [-0.2, 0) is 16.0 Å². The van der Waals surface area contributed by atoms with Gasteiger partial charge in [0.1, 0.15) is 5.82 Å².